The van der Waals surface area contributed by atoms with E-state index in [-0.39, 0.29) is 11.8 Å². The lowest BCUT2D eigenvalue weighted by Gasteiger charge is -2.16. The number of anilines is 1. The zero-order valence-corrected chi connectivity index (χ0v) is 10.4. The first-order valence-corrected chi connectivity index (χ1v) is 5.70. The topological polar surface area (TPSA) is 77.2 Å². The molecule has 1 amide bonds. The molecule has 17 heavy (non-hydrogen) atoms. The number of ether oxygens (including phenoxy) is 1. The number of nitrogens with two attached hydrogens (primary N) is 1. The summed E-state index contributed by atoms with van der Waals surface area (Å²) < 4.78 is 5.31. The van der Waals surface area contributed by atoms with Crippen molar-refractivity contribution in [3.05, 3.63) is 18.3 Å². The summed E-state index contributed by atoms with van der Waals surface area (Å²) in [6.07, 6.45) is 1.61. The molecule has 1 atom stereocenters. The number of rotatable bonds is 5. The van der Waals surface area contributed by atoms with Gasteiger partial charge in [0.1, 0.15) is 5.69 Å². The molecule has 0 unspecified atom stereocenters. The number of aromatic nitrogens is 1. The molecule has 0 bridgehead atoms. The summed E-state index contributed by atoms with van der Waals surface area (Å²) in [5.74, 6) is 0.274. The molecule has 0 radical (unpaired) electrons. The van der Waals surface area contributed by atoms with E-state index in [2.05, 4.69) is 10.3 Å². The Hall–Kier alpha value is -1.62. The Labute approximate surface area is 101 Å². The lowest BCUT2D eigenvalue weighted by atomic mass is 10.1. The first-order chi connectivity index (χ1) is 8.06. The Morgan fingerprint density at radius 2 is 2.29 bits per heavy atom. The summed E-state index contributed by atoms with van der Waals surface area (Å²) in [7, 11) is 0. The van der Waals surface area contributed by atoms with Gasteiger partial charge in [-0.15, -0.1) is 0 Å². The minimum atomic E-state index is -0.537. The van der Waals surface area contributed by atoms with Gasteiger partial charge in [-0.25, -0.2) is 4.98 Å². The highest BCUT2D eigenvalue weighted by molar-refractivity contribution is 5.95. The lowest BCUT2D eigenvalue weighted by molar-refractivity contribution is -0.118. The zero-order chi connectivity index (χ0) is 12.8. The minimum absolute atomic E-state index is 0.0854. The standard InChI is InChI=1S/C12H19N3O2/c1-4-17-12-9(6-5-7-14-12)15-11(16)10(13)8(2)3/h5-8,10H,4,13H2,1-3H3,(H,15,16)/t10-/m0/s1. The van der Waals surface area contributed by atoms with Crippen molar-refractivity contribution in [3.8, 4) is 5.88 Å². The van der Waals surface area contributed by atoms with E-state index in [0.717, 1.165) is 0 Å². The Morgan fingerprint density at radius 1 is 1.59 bits per heavy atom. The van der Waals surface area contributed by atoms with Crippen molar-refractivity contribution in [1.82, 2.24) is 4.98 Å². The van der Waals surface area contributed by atoms with E-state index >= 15 is 0 Å². The van der Waals surface area contributed by atoms with Crippen molar-refractivity contribution in [2.75, 3.05) is 11.9 Å². The average Bonchev–Trinajstić information content (AvgIpc) is 2.30. The zero-order valence-electron chi connectivity index (χ0n) is 10.4. The van der Waals surface area contributed by atoms with Crippen molar-refractivity contribution >= 4 is 11.6 Å². The van der Waals surface area contributed by atoms with Gasteiger partial charge in [-0.3, -0.25) is 4.79 Å². The van der Waals surface area contributed by atoms with Gasteiger partial charge in [0, 0.05) is 6.20 Å². The molecule has 1 aromatic rings. The van der Waals surface area contributed by atoms with Crippen LogP contribution in [0.4, 0.5) is 5.69 Å². The largest absolute Gasteiger partial charge is 0.476 e. The SMILES string of the molecule is CCOc1ncccc1NC(=O)[C@@H](N)C(C)C. The highest BCUT2D eigenvalue weighted by Crippen LogP contribution is 2.20. The molecule has 5 nitrogen and oxygen atoms in total. The first-order valence-electron chi connectivity index (χ1n) is 5.70. The van der Waals surface area contributed by atoms with Crippen LogP contribution in [0.1, 0.15) is 20.8 Å². The van der Waals surface area contributed by atoms with Crippen LogP contribution in [0.2, 0.25) is 0 Å². The number of nitrogens with one attached hydrogen (secondary N) is 1. The van der Waals surface area contributed by atoms with Gasteiger partial charge >= 0.3 is 0 Å². The monoisotopic (exact) mass is 237 g/mol. The van der Waals surface area contributed by atoms with E-state index in [1.807, 2.05) is 20.8 Å². The third-order valence-electron chi connectivity index (χ3n) is 2.33. The molecule has 0 aliphatic heterocycles. The number of hydrogen-bond donors (Lipinski definition) is 2. The fourth-order valence-corrected chi connectivity index (χ4v) is 1.26. The second-order valence-electron chi connectivity index (χ2n) is 4.05. The molecule has 0 spiro atoms. The summed E-state index contributed by atoms with van der Waals surface area (Å²) in [4.78, 5) is 15.8. The van der Waals surface area contributed by atoms with Gasteiger partial charge in [0.15, 0.2) is 0 Å². The molecule has 5 heteroatoms. The highest BCUT2D eigenvalue weighted by Gasteiger charge is 2.18. The van der Waals surface area contributed by atoms with Crippen LogP contribution >= 0.6 is 0 Å². The molecule has 0 aliphatic carbocycles. The van der Waals surface area contributed by atoms with Crippen molar-refractivity contribution < 1.29 is 9.53 Å². The quantitative estimate of drug-likeness (QED) is 0.811. The molecule has 3 N–H and O–H groups in total. The molecule has 1 aromatic heterocycles. The van der Waals surface area contributed by atoms with Gasteiger partial charge < -0.3 is 15.8 Å². The maximum absolute atomic E-state index is 11.8. The summed E-state index contributed by atoms with van der Waals surface area (Å²) in [5.41, 5.74) is 6.31. The number of pyridine rings is 1. The maximum Gasteiger partial charge on any atom is 0.241 e. The third-order valence-corrected chi connectivity index (χ3v) is 2.33. The Bertz CT molecular complexity index is 380. The van der Waals surface area contributed by atoms with Crippen LogP contribution < -0.4 is 15.8 Å². The number of amides is 1. The number of carbonyl (C=O) groups excluding carboxylic acids is 1. The predicted molar refractivity (Wildman–Crippen MR) is 66.8 cm³/mol. The van der Waals surface area contributed by atoms with Crippen LogP contribution in [0.15, 0.2) is 18.3 Å². The molecule has 0 fully saturated rings. The van der Waals surface area contributed by atoms with Crippen LogP contribution in [0.5, 0.6) is 5.88 Å². The normalized spacial score (nSPS) is 12.3. The van der Waals surface area contributed by atoms with Crippen LogP contribution in [-0.2, 0) is 4.79 Å². The van der Waals surface area contributed by atoms with Crippen LogP contribution in [-0.4, -0.2) is 23.5 Å². The molecular formula is C12H19N3O2. The van der Waals surface area contributed by atoms with Crippen molar-refractivity contribution in [2.45, 2.75) is 26.8 Å². The minimum Gasteiger partial charge on any atom is -0.476 e. The van der Waals surface area contributed by atoms with E-state index in [9.17, 15) is 4.79 Å². The molecular weight excluding hydrogens is 218 g/mol. The Morgan fingerprint density at radius 3 is 2.88 bits per heavy atom. The van der Waals surface area contributed by atoms with E-state index in [1.165, 1.54) is 0 Å². The van der Waals surface area contributed by atoms with E-state index in [4.69, 9.17) is 10.5 Å². The second-order valence-corrected chi connectivity index (χ2v) is 4.05. The number of nitrogens with zero attached hydrogens (tertiary/aromatic N) is 1. The lowest BCUT2D eigenvalue weighted by Crippen LogP contribution is -2.39. The van der Waals surface area contributed by atoms with Gasteiger partial charge in [0.25, 0.3) is 0 Å². The molecule has 1 rings (SSSR count). The van der Waals surface area contributed by atoms with Gasteiger partial charge in [0.05, 0.1) is 12.6 Å². The molecule has 0 saturated heterocycles. The van der Waals surface area contributed by atoms with Crippen molar-refractivity contribution in [3.63, 3.8) is 0 Å². The molecule has 1 heterocycles. The fourth-order valence-electron chi connectivity index (χ4n) is 1.26. The van der Waals surface area contributed by atoms with E-state index in [1.54, 1.807) is 18.3 Å². The number of hydrogen-bond acceptors (Lipinski definition) is 4. The highest BCUT2D eigenvalue weighted by atomic mass is 16.5. The first kappa shape index (κ1) is 13.4. The van der Waals surface area contributed by atoms with Crippen LogP contribution in [0.3, 0.4) is 0 Å². The van der Waals surface area contributed by atoms with Gasteiger partial charge in [-0.1, -0.05) is 13.8 Å². The Balaban J connectivity index is 2.77. The van der Waals surface area contributed by atoms with Crippen molar-refractivity contribution in [1.29, 1.82) is 0 Å². The van der Waals surface area contributed by atoms with E-state index < -0.39 is 6.04 Å². The molecule has 0 aliphatic rings. The van der Waals surface area contributed by atoms with Crippen LogP contribution in [0.25, 0.3) is 0 Å². The summed E-state index contributed by atoms with van der Waals surface area (Å²) in [6.45, 7) is 6.16. The maximum atomic E-state index is 11.8. The van der Waals surface area contributed by atoms with Crippen LogP contribution in [0, 0.1) is 5.92 Å². The van der Waals surface area contributed by atoms with Gasteiger partial charge in [-0.05, 0) is 25.0 Å². The van der Waals surface area contributed by atoms with E-state index in [0.29, 0.717) is 18.2 Å². The predicted octanol–water partition coefficient (Wildman–Crippen LogP) is 1.40. The summed E-state index contributed by atoms with van der Waals surface area (Å²) in [6, 6.07) is 2.94. The molecule has 0 aromatic carbocycles. The van der Waals surface area contributed by atoms with Gasteiger partial charge in [-0.2, -0.15) is 0 Å². The Kier molecular flexibility index (Phi) is 4.90. The summed E-state index contributed by atoms with van der Waals surface area (Å²) >= 11 is 0. The molecule has 94 valence electrons. The average molecular weight is 237 g/mol. The van der Waals surface area contributed by atoms with Crippen molar-refractivity contribution in [2.24, 2.45) is 11.7 Å². The fraction of sp³-hybridized carbons (Fsp3) is 0.500. The summed E-state index contributed by atoms with van der Waals surface area (Å²) in [5, 5.41) is 2.72. The second kappa shape index (κ2) is 6.20. The smallest absolute Gasteiger partial charge is 0.241 e. The molecule has 0 saturated carbocycles. The third kappa shape index (κ3) is 3.71. The number of carbonyl (C=O) groups is 1. The van der Waals surface area contributed by atoms with Gasteiger partial charge in [0.2, 0.25) is 11.8 Å².